The largest absolute Gasteiger partial charge is 0.354 e. The third kappa shape index (κ3) is 1.83. The summed E-state index contributed by atoms with van der Waals surface area (Å²) < 4.78 is 0. The molecule has 5 rings (SSSR count). The van der Waals surface area contributed by atoms with Crippen molar-refractivity contribution in [2.75, 3.05) is 5.32 Å². The third-order valence-electron chi connectivity index (χ3n) is 4.21. The molecule has 1 aliphatic heterocycles. The van der Waals surface area contributed by atoms with Gasteiger partial charge in [0, 0.05) is 16.8 Å². The third-order valence-corrected chi connectivity index (χ3v) is 4.21. The van der Waals surface area contributed by atoms with Crippen LogP contribution in [0.15, 0.2) is 72.8 Å². The molecule has 0 amide bonds. The minimum absolute atomic E-state index is 0.766. The molecule has 0 radical (unpaired) electrons. The van der Waals surface area contributed by atoms with Gasteiger partial charge in [-0.05, 0) is 18.2 Å². The van der Waals surface area contributed by atoms with Crippen molar-refractivity contribution in [2.24, 2.45) is 0 Å². The number of anilines is 2. The molecule has 0 saturated carbocycles. The van der Waals surface area contributed by atoms with Gasteiger partial charge in [-0.1, -0.05) is 54.6 Å². The number of aromatic nitrogens is 2. The number of nitrogens with zero attached hydrogens (tertiary/aromatic N) is 2. The van der Waals surface area contributed by atoms with E-state index in [1.54, 1.807) is 0 Å². The molecule has 0 spiro atoms. The summed E-state index contributed by atoms with van der Waals surface area (Å²) in [6.45, 7) is 0. The summed E-state index contributed by atoms with van der Waals surface area (Å²) >= 11 is 0. The average molecular weight is 295 g/mol. The van der Waals surface area contributed by atoms with Crippen LogP contribution in [0, 0.1) is 0 Å². The van der Waals surface area contributed by atoms with E-state index in [9.17, 15) is 0 Å². The summed E-state index contributed by atoms with van der Waals surface area (Å²) in [5.74, 6) is 0.766. The zero-order chi connectivity index (χ0) is 15.2. The number of fused-ring (bicyclic) bond motifs is 2. The van der Waals surface area contributed by atoms with Crippen molar-refractivity contribution in [2.45, 2.75) is 0 Å². The van der Waals surface area contributed by atoms with Crippen molar-refractivity contribution in [3.05, 3.63) is 72.8 Å². The quantitative estimate of drug-likeness (QED) is 0.472. The molecule has 1 aliphatic rings. The normalized spacial score (nSPS) is 11.8. The fourth-order valence-corrected chi connectivity index (χ4v) is 3.14. The van der Waals surface area contributed by atoms with Crippen molar-refractivity contribution in [1.82, 2.24) is 9.97 Å². The van der Waals surface area contributed by atoms with Gasteiger partial charge in [-0.2, -0.15) is 0 Å². The minimum atomic E-state index is 0.766. The standard InChI is InChI=1S/C20H13N3/c1-2-7-13(8-3-1)20-22-17-12-6-11-16-18(17)19(23-20)14-9-4-5-10-15(14)21-16/h1-12,21H. The van der Waals surface area contributed by atoms with Crippen LogP contribution < -0.4 is 5.32 Å². The first-order valence-corrected chi connectivity index (χ1v) is 7.63. The van der Waals surface area contributed by atoms with E-state index in [1.807, 2.05) is 54.6 Å². The van der Waals surface area contributed by atoms with Crippen LogP contribution in [-0.4, -0.2) is 9.97 Å². The Hall–Kier alpha value is -3.20. The van der Waals surface area contributed by atoms with E-state index < -0.39 is 0 Å². The Morgan fingerprint density at radius 2 is 1.43 bits per heavy atom. The lowest BCUT2D eigenvalue weighted by Gasteiger charge is -2.21. The van der Waals surface area contributed by atoms with Crippen LogP contribution in [0.25, 0.3) is 33.5 Å². The summed E-state index contributed by atoms with van der Waals surface area (Å²) in [6, 6.07) is 24.6. The predicted octanol–water partition coefficient (Wildman–Crippen LogP) is 5.02. The van der Waals surface area contributed by atoms with Crippen molar-refractivity contribution in [1.29, 1.82) is 0 Å². The van der Waals surface area contributed by atoms with E-state index >= 15 is 0 Å². The zero-order valence-corrected chi connectivity index (χ0v) is 12.3. The van der Waals surface area contributed by atoms with Crippen LogP contribution in [0.2, 0.25) is 0 Å². The predicted molar refractivity (Wildman–Crippen MR) is 93.7 cm³/mol. The van der Waals surface area contributed by atoms with E-state index in [0.29, 0.717) is 0 Å². The van der Waals surface area contributed by atoms with Crippen molar-refractivity contribution >= 4 is 22.3 Å². The first-order valence-electron chi connectivity index (χ1n) is 7.63. The highest BCUT2D eigenvalue weighted by Crippen LogP contribution is 2.42. The number of rotatable bonds is 1. The summed E-state index contributed by atoms with van der Waals surface area (Å²) in [7, 11) is 0. The Kier molecular flexibility index (Phi) is 2.50. The molecule has 0 fully saturated rings. The lowest BCUT2D eigenvalue weighted by atomic mass is 9.99. The molecule has 3 nitrogen and oxygen atoms in total. The molecule has 2 heterocycles. The number of hydrogen-bond acceptors (Lipinski definition) is 3. The fraction of sp³-hybridized carbons (Fsp3) is 0. The molecular weight excluding hydrogens is 282 g/mol. The Morgan fingerprint density at radius 3 is 2.35 bits per heavy atom. The highest BCUT2D eigenvalue weighted by atomic mass is 15.0. The monoisotopic (exact) mass is 295 g/mol. The molecule has 1 aromatic heterocycles. The van der Waals surface area contributed by atoms with Gasteiger partial charge in [-0.25, -0.2) is 9.97 Å². The smallest absolute Gasteiger partial charge is 0.160 e. The Balaban J connectivity index is 1.89. The van der Waals surface area contributed by atoms with E-state index in [2.05, 4.69) is 23.5 Å². The van der Waals surface area contributed by atoms with Crippen LogP contribution >= 0.6 is 0 Å². The summed E-state index contributed by atoms with van der Waals surface area (Å²) in [6.07, 6.45) is 0. The molecule has 0 bridgehead atoms. The molecule has 0 atom stereocenters. The Morgan fingerprint density at radius 1 is 0.652 bits per heavy atom. The summed E-state index contributed by atoms with van der Waals surface area (Å²) in [4.78, 5) is 9.66. The highest BCUT2D eigenvalue weighted by Gasteiger charge is 2.20. The van der Waals surface area contributed by atoms with E-state index in [-0.39, 0.29) is 0 Å². The van der Waals surface area contributed by atoms with Gasteiger partial charge >= 0.3 is 0 Å². The first kappa shape index (κ1) is 12.4. The van der Waals surface area contributed by atoms with Crippen LogP contribution in [0.5, 0.6) is 0 Å². The van der Waals surface area contributed by atoms with Gasteiger partial charge < -0.3 is 5.32 Å². The second-order valence-corrected chi connectivity index (χ2v) is 5.63. The van der Waals surface area contributed by atoms with Crippen LogP contribution in [-0.2, 0) is 0 Å². The molecule has 3 aromatic carbocycles. The Bertz CT molecular complexity index is 1040. The van der Waals surface area contributed by atoms with E-state index in [0.717, 1.165) is 44.9 Å². The topological polar surface area (TPSA) is 37.8 Å². The fourth-order valence-electron chi connectivity index (χ4n) is 3.14. The van der Waals surface area contributed by atoms with E-state index in [1.165, 1.54) is 0 Å². The molecule has 3 heteroatoms. The van der Waals surface area contributed by atoms with Crippen LogP contribution in [0.4, 0.5) is 11.4 Å². The molecule has 0 unspecified atom stereocenters. The van der Waals surface area contributed by atoms with Gasteiger partial charge in [-0.15, -0.1) is 0 Å². The lowest BCUT2D eigenvalue weighted by Crippen LogP contribution is -2.04. The van der Waals surface area contributed by atoms with Gasteiger partial charge in [0.25, 0.3) is 0 Å². The number of nitrogens with one attached hydrogen (secondary N) is 1. The first-order chi connectivity index (χ1) is 11.4. The lowest BCUT2D eigenvalue weighted by molar-refractivity contribution is 1.22. The second-order valence-electron chi connectivity index (χ2n) is 5.63. The van der Waals surface area contributed by atoms with Crippen LogP contribution in [0.1, 0.15) is 0 Å². The Labute approximate surface area is 133 Å². The maximum atomic E-state index is 4.89. The number of para-hydroxylation sites is 1. The second kappa shape index (κ2) is 4.65. The number of hydrogen-bond donors (Lipinski definition) is 1. The highest BCUT2D eigenvalue weighted by molar-refractivity contribution is 6.08. The van der Waals surface area contributed by atoms with Crippen molar-refractivity contribution < 1.29 is 0 Å². The molecular formula is C20H13N3. The molecule has 23 heavy (non-hydrogen) atoms. The van der Waals surface area contributed by atoms with Crippen LogP contribution in [0.3, 0.4) is 0 Å². The van der Waals surface area contributed by atoms with E-state index in [4.69, 9.17) is 9.97 Å². The molecule has 1 N–H and O–H groups in total. The molecule has 0 aliphatic carbocycles. The summed E-state index contributed by atoms with van der Waals surface area (Å²) in [5, 5.41) is 4.57. The zero-order valence-electron chi connectivity index (χ0n) is 12.3. The van der Waals surface area contributed by atoms with Gasteiger partial charge in [0.05, 0.1) is 22.3 Å². The molecule has 0 saturated heterocycles. The summed E-state index contributed by atoms with van der Waals surface area (Å²) in [5.41, 5.74) is 6.27. The maximum absolute atomic E-state index is 4.89. The average Bonchev–Trinajstić information content (AvgIpc) is 2.62. The SMILES string of the molecule is c1ccc(-c2nc3c4c(cccc4n2)Nc2ccccc2-3)cc1. The minimum Gasteiger partial charge on any atom is -0.354 e. The molecule has 108 valence electrons. The van der Waals surface area contributed by atoms with Gasteiger partial charge in [-0.3, -0.25) is 0 Å². The van der Waals surface area contributed by atoms with Gasteiger partial charge in [0.2, 0.25) is 0 Å². The molecule has 4 aromatic rings. The van der Waals surface area contributed by atoms with Crippen molar-refractivity contribution in [3.63, 3.8) is 0 Å². The van der Waals surface area contributed by atoms with Gasteiger partial charge in [0.15, 0.2) is 5.82 Å². The van der Waals surface area contributed by atoms with Crippen molar-refractivity contribution in [3.8, 4) is 22.6 Å². The number of benzene rings is 3. The van der Waals surface area contributed by atoms with Gasteiger partial charge in [0.1, 0.15) is 0 Å². The maximum Gasteiger partial charge on any atom is 0.160 e.